The molecule has 6 heteroatoms. The third-order valence-corrected chi connectivity index (χ3v) is 4.42. The summed E-state index contributed by atoms with van der Waals surface area (Å²) in [6, 6.07) is 7.50. The molecule has 24 heavy (non-hydrogen) atoms. The molecule has 2 aromatic rings. The van der Waals surface area contributed by atoms with Gasteiger partial charge in [-0.3, -0.25) is 4.79 Å². The molecule has 1 saturated heterocycles. The van der Waals surface area contributed by atoms with E-state index >= 15 is 0 Å². The minimum Gasteiger partial charge on any atom is -0.441 e. The number of carbonyl (C=O) groups excluding carboxylic acids is 1. The lowest BCUT2D eigenvalue weighted by atomic mass is 10.1. The van der Waals surface area contributed by atoms with Gasteiger partial charge in [0.15, 0.2) is 11.7 Å². The summed E-state index contributed by atoms with van der Waals surface area (Å²) in [5.74, 6) is 1.37. The highest BCUT2D eigenvalue weighted by atomic mass is 35.5. The lowest BCUT2D eigenvalue weighted by Crippen LogP contribution is -2.50. The standard InChI is InChI=1S/C18H21ClN2O3/c1-12-11-23-13(2)10-21(12)18(22)8-7-17-20-9-16(24-17)14-3-5-15(19)6-4-14/h3-6,9,12-13H,7-8,10-11H2,1-2H3. The number of carbonyl (C=O) groups is 1. The predicted octanol–water partition coefficient (Wildman–Crippen LogP) is 3.56. The molecule has 0 N–H and O–H groups in total. The topological polar surface area (TPSA) is 55.6 Å². The summed E-state index contributed by atoms with van der Waals surface area (Å²) in [5.41, 5.74) is 0.917. The van der Waals surface area contributed by atoms with Crippen molar-refractivity contribution in [3.8, 4) is 11.3 Å². The first-order valence-electron chi connectivity index (χ1n) is 8.14. The number of aryl methyl sites for hydroxylation is 1. The van der Waals surface area contributed by atoms with E-state index in [0.29, 0.717) is 42.7 Å². The van der Waals surface area contributed by atoms with Crippen molar-refractivity contribution in [3.05, 3.63) is 41.4 Å². The van der Waals surface area contributed by atoms with Crippen molar-refractivity contribution in [2.75, 3.05) is 13.2 Å². The van der Waals surface area contributed by atoms with Gasteiger partial charge in [0.2, 0.25) is 5.91 Å². The maximum Gasteiger partial charge on any atom is 0.223 e. The molecule has 1 aliphatic heterocycles. The SMILES string of the molecule is CC1CN(C(=O)CCc2ncc(-c3ccc(Cl)cc3)o2)C(C)CO1. The van der Waals surface area contributed by atoms with Crippen LogP contribution in [0, 0.1) is 0 Å². The molecule has 1 amide bonds. The fourth-order valence-electron chi connectivity index (χ4n) is 2.78. The maximum atomic E-state index is 12.4. The minimum absolute atomic E-state index is 0.0865. The van der Waals surface area contributed by atoms with Crippen molar-refractivity contribution >= 4 is 17.5 Å². The Bertz CT molecular complexity index is 699. The number of amides is 1. The van der Waals surface area contributed by atoms with Crippen LogP contribution in [0.3, 0.4) is 0 Å². The predicted molar refractivity (Wildman–Crippen MR) is 91.9 cm³/mol. The van der Waals surface area contributed by atoms with Crippen LogP contribution in [0.1, 0.15) is 26.2 Å². The Morgan fingerprint density at radius 1 is 1.33 bits per heavy atom. The second-order valence-electron chi connectivity index (χ2n) is 6.16. The van der Waals surface area contributed by atoms with Crippen LogP contribution in [0.15, 0.2) is 34.9 Å². The third kappa shape index (κ3) is 3.97. The van der Waals surface area contributed by atoms with E-state index in [1.807, 2.05) is 43.0 Å². The van der Waals surface area contributed by atoms with E-state index in [1.54, 1.807) is 6.20 Å². The van der Waals surface area contributed by atoms with Gasteiger partial charge in [-0.15, -0.1) is 0 Å². The molecular weight excluding hydrogens is 328 g/mol. The molecule has 0 spiro atoms. The normalized spacial score (nSPS) is 21.0. The van der Waals surface area contributed by atoms with Gasteiger partial charge in [-0.1, -0.05) is 11.6 Å². The molecule has 3 rings (SSSR count). The lowest BCUT2D eigenvalue weighted by Gasteiger charge is -2.36. The summed E-state index contributed by atoms with van der Waals surface area (Å²) in [6.07, 6.45) is 2.65. The van der Waals surface area contributed by atoms with Gasteiger partial charge in [-0.25, -0.2) is 4.98 Å². The van der Waals surface area contributed by atoms with E-state index in [9.17, 15) is 4.79 Å². The smallest absolute Gasteiger partial charge is 0.223 e. The molecule has 5 nitrogen and oxygen atoms in total. The zero-order valence-corrected chi connectivity index (χ0v) is 14.6. The van der Waals surface area contributed by atoms with Crippen molar-refractivity contribution in [3.63, 3.8) is 0 Å². The summed E-state index contributed by atoms with van der Waals surface area (Å²) >= 11 is 5.89. The van der Waals surface area contributed by atoms with E-state index < -0.39 is 0 Å². The van der Waals surface area contributed by atoms with Gasteiger partial charge in [0.25, 0.3) is 0 Å². The molecular formula is C18H21ClN2O3. The highest BCUT2D eigenvalue weighted by Gasteiger charge is 2.27. The number of hydrogen-bond donors (Lipinski definition) is 0. The number of morpholine rings is 1. The molecule has 1 aromatic carbocycles. The Kier molecular flexibility index (Phi) is 5.21. The highest BCUT2D eigenvalue weighted by molar-refractivity contribution is 6.30. The Morgan fingerprint density at radius 2 is 2.08 bits per heavy atom. The molecule has 2 heterocycles. The van der Waals surface area contributed by atoms with Crippen LogP contribution in [0.5, 0.6) is 0 Å². The maximum absolute atomic E-state index is 12.4. The Hall–Kier alpha value is -1.85. The van der Waals surface area contributed by atoms with Gasteiger partial charge in [-0.05, 0) is 38.1 Å². The van der Waals surface area contributed by atoms with E-state index in [0.717, 1.165) is 5.56 Å². The molecule has 0 bridgehead atoms. The molecule has 1 aromatic heterocycles. The van der Waals surface area contributed by atoms with Crippen molar-refractivity contribution in [2.45, 2.75) is 38.8 Å². The Labute approximate surface area is 146 Å². The van der Waals surface area contributed by atoms with Crippen molar-refractivity contribution in [1.29, 1.82) is 0 Å². The molecule has 0 radical (unpaired) electrons. The van der Waals surface area contributed by atoms with Crippen LogP contribution in [-0.4, -0.2) is 41.1 Å². The average Bonchev–Trinajstić information content (AvgIpc) is 3.04. The second kappa shape index (κ2) is 7.36. The van der Waals surface area contributed by atoms with Gasteiger partial charge in [0.05, 0.1) is 24.9 Å². The first-order valence-corrected chi connectivity index (χ1v) is 8.52. The molecule has 128 valence electrons. The van der Waals surface area contributed by atoms with Crippen LogP contribution in [0.25, 0.3) is 11.3 Å². The number of benzene rings is 1. The first kappa shape index (κ1) is 17.0. The van der Waals surface area contributed by atoms with Gasteiger partial charge < -0.3 is 14.1 Å². The van der Waals surface area contributed by atoms with Gasteiger partial charge in [-0.2, -0.15) is 0 Å². The zero-order valence-electron chi connectivity index (χ0n) is 13.9. The monoisotopic (exact) mass is 348 g/mol. The van der Waals surface area contributed by atoms with Gasteiger partial charge in [0.1, 0.15) is 0 Å². The number of hydrogen-bond acceptors (Lipinski definition) is 4. The van der Waals surface area contributed by atoms with Gasteiger partial charge >= 0.3 is 0 Å². The Balaban J connectivity index is 1.59. The van der Waals surface area contributed by atoms with Gasteiger partial charge in [0, 0.05) is 30.0 Å². The summed E-state index contributed by atoms with van der Waals surface area (Å²) in [5, 5.41) is 0.679. The molecule has 0 aliphatic carbocycles. The average molecular weight is 349 g/mol. The number of ether oxygens (including phenoxy) is 1. The summed E-state index contributed by atoms with van der Waals surface area (Å²) in [6.45, 7) is 5.22. The van der Waals surface area contributed by atoms with Crippen LogP contribution in [0.4, 0.5) is 0 Å². The van der Waals surface area contributed by atoms with E-state index in [1.165, 1.54) is 0 Å². The van der Waals surface area contributed by atoms with Crippen LogP contribution in [0.2, 0.25) is 5.02 Å². The molecule has 2 atom stereocenters. The largest absolute Gasteiger partial charge is 0.441 e. The first-order chi connectivity index (χ1) is 11.5. The third-order valence-electron chi connectivity index (χ3n) is 4.16. The van der Waals surface area contributed by atoms with Crippen LogP contribution < -0.4 is 0 Å². The number of halogens is 1. The van der Waals surface area contributed by atoms with E-state index in [-0.39, 0.29) is 18.1 Å². The van der Waals surface area contributed by atoms with Crippen molar-refractivity contribution in [2.24, 2.45) is 0 Å². The quantitative estimate of drug-likeness (QED) is 0.847. The molecule has 2 unspecified atom stereocenters. The Morgan fingerprint density at radius 3 is 2.83 bits per heavy atom. The van der Waals surface area contributed by atoms with E-state index in [2.05, 4.69) is 4.98 Å². The van der Waals surface area contributed by atoms with E-state index in [4.69, 9.17) is 20.8 Å². The highest BCUT2D eigenvalue weighted by Crippen LogP contribution is 2.23. The lowest BCUT2D eigenvalue weighted by molar-refractivity contribution is -0.143. The number of nitrogens with zero attached hydrogens (tertiary/aromatic N) is 2. The summed E-state index contributed by atoms with van der Waals surface area (Å²) in [7, 11) is 0. The number of oxazole rings is 1. The summed E-state index contributed by atoms with van der Waals surface area (Å²) < 4.78 is 11.3. The molecule has 0 saturated carbocycles. The van der Waals surface area contributed by atoms with Crippen molar-refractivity contribution < 1.29 is 13.9 Å². The fraction of sp³-hybridized carbons (Fsp3) is 0.444. The molecule has 1 aliphatic rings. The minimum atomic E-state index is 0.0865. The molecule has 1 fully saturated rings. The zero-order chi connectivity index (χ0) is 17.1. The van der Waals surface area contributed by atoms with Crippen molar-refractivity contribution in [1.82, 2.24) is 9.88 Å². The van der Waals surface area contributed by atoms with Crippen LogP contribution >= 0.6 is 11.6 Å². The fourth-order valence-corrected chi connectivity index (χ4v) is 2.91. The number of aromatic nitrogens is 1. The number of rotatable bonds is 4. The van der Waals surface area contributed by atoms with Crippen LogP contribution in [-0.2, 0) is 16.0 Å². The second-order valence-corrected chi connectivity index (χ2v) is 6.60. The summed E-state index contributed by atoms with van der Waals surface area (Å²) in [4.78, 5) is 18.6.